The molecule has 1 aliphatic carbocycles. The van der Waals surface area contributed by atoms with Crippen molar-refractivity contribution < 1.29 is 9.29 Å². The van der Waals surface area contributed by atoms with Crippen molar-refractivity contribution in [1.82, 2.24) is 0 Å². The first-order valence-corrected chi connectivity index (χ1v) is 7.89. The predicted molar refractivity (Wildman–Crippen MR) is 71.5 cm³/mol. The van der Waals surface area contributed by atoms with Crippen LogP contribution in [0.1, 0.15) is 46.5 Å². The lowest BCUT2D eigenvalue weighted by molar-refractivity contribution is 0.144. The summed E-state index contributed by atoms with van der Waals surface area (Å²) in [5.74, 6) is 1.28. The lowest BCUT2D eigenvalue weighted by Crippen LogP contribution is -2.31. The van der Waals surface area contributed by atoms with Crippen LogP contribution in [0, 0.1) is 11.8 Å². The van der Waals surface area contributed by atoms with Crippen molar-refractivity contribution in [2.75, 3.05) is 19.5 Å². The topological polar surface area (TPSA) is 29.5 Å². The smallest absolute Gasteiger partial charge is 0.152 e. The van der Waals surface area contributed by atoms with Crippen LogP contribution in [0.5, 0.6) is 0 Å². The van der Waals surface area contributed by atoms with Crippen molar-refractivity contribution in [3.8, 4) is 0 Å². The van der Waals surface area contributed by atoms with Crippen molar-refractivity contribution in [3.05, 3.63) is 0 Å². The van der Waals surface area contributed by atoms with E-state index in [2.05, 4.69) is 27.0 Å². The van der Waals surface area contributed by atoms with Crippen LogP contribution in [0.4, 0.5) is 0 Å². The van der Waals surface area contributed by atoms with Crippen LogP contribution in [-0.2, 0) is 15.4 Å². The van der Waals surface area contributed by atoms with E-state index in [9.17, 15) is 0 Å². The summed E-state index contributed by atoms with van der Waals surface area (Å²) < 4.78 is 6.25. The monoisotopic (exact) mass is 247 g/mol. The van der Waals surface area contributed by atoms with Gasteiger partial charge >= 0.3 is 0 Å². The summed E-state index contributed by atoms with van der Waals surface area (Å²) in [5, 5.41) is 9.07. The summed E-state index contributed by atoms with van der Waals surface area (Å²) in [6, 6.07) is 0. The Bertz CT molecular complexity index is 193. The number of rotatable bonds is 4. The fourth-order valence-electron chi connectivity index (χ4n) is 1.96. The molecule has 0 bridgehead atoms. The van der Waals surface area contributed by atoms with Gasteiger partial charge in [-0.3, -0.25) is 0 Å². The average Bonchev–Trinajstić information content (AvgIpc) is 2.25. The number of aliphatic hydroxyl groups is 1. The second-order valence-corrected chi connectivity index (χ2v) is 8.29. The van der Waals surface area contributed by atoms with Gasteiger partial charge in [0.2, 0.25) is 0 Å². The van der Waals surface area contributed by atoms with Gasteiger partial charge in [-0.1, -0.05) is 0 Å². The largest absolute Gasteiger partial charge is 0.396 e. The summed E-state index contributed by atoms with van der Waals surface area (Å²) in [7, 11) is 0. The second-order valence-electron chi connectivity index (χ2n) is 5.92. The number of hydrogen-bond acceptors (Lipinski definition) is 2. The SMILES string of the molecule is C[S+](OCC1CCC(CO)CC1)C(C)(C)C. The van der Waals surface area contributed by atoms with Gasteiger partial charge in [-0.05, 0) is 58.3 Å². The van der Waals surface area contributed by atoms with Gasteiger partial charge in [0.25, 0.3) is 0 Å². The van der Waals surface area contributed by atoms with E-state index < -0.39 is 0 Å². The zero-order chi connectivity index (χ0) is 12.2. The van der Waals surface area contributed by atoms with E-state index in [1.54, 1.807) is 0 Å². The molecule has 0 amide bonds. The zero-order valence-electron chi connectivity index (χ0n) is 11.2. The van der Waals surface area contributed by atoms with Crippen molar-refractivity contribution in [1.29, 1.82) is 0 Å². The first kappa shape index (κ1) is 14.3. The summed E-state index contributed by atoms with van der Waals surface area (Å²) in [5.41, 5.74) is 0. The third kappa shape index (κ3) is 4.64. The molecule has 0 aliphatic heterocycles. The molecule has 1 N–H and O–H groups in total. The van der Waals surface area contributed by atoms with Crippen LogP contribution in [0.25, 0.3) is 0 Å². The molecule has 3 heteroatoms. The minimum Gasteiger partial charge on any atom is -0.396 e. The molecular weight excluding hydrogens is 220 g/mol. The van der Waals surface area contributed by atoms with Gasteiger partial charge in [0.15, 0.2) is 4.75 Å². The van der Waals surface area contributed by atoms with E-state index in [-0.39, 0.29) is 15.9 Å². The molecule has 1 atom stereocenters. The summed E-state index contributed by atoms with van der Waals surface area (Å²) in [4.78, 5) is 0. The molecule has 0 spiro atoms. The molecule has 2 nitrogen and oxygen atoms in total. The molecule has 16 heavy (non-hydrogen) atoms. The average molecular weight is 247 g/mol. The molecule has 0 aromatic carbocycles. The quantitative estimate of drug-likeness (QED) is 0.774. The lowest BCUT2D eigenvalue weighted by Gasteiger charge is -2.27. The zero-order valence-corrected chi connectivity index (χ0v) is 12.0. The van der Waals surface area contributed by atoms with Crippen LogP contribution < -0.4 is 0 Å². The van der Waals surface area contributed by atoms with Crippen LogP contribution in [0.3, 0.4) is 0 Å². The molecule has 0 radical (unpaired) electrons. The third-order valence-electron chi connectivity index (χ3n) is 3.57. The lowest BCUT2D eigenvalue weighted by atomic mass is 9.83. The fourth-order valence-corrected chi connectivity index (χ4v) is 2.71. The van der Waals surface area contributed by atoms with E-state index in [4.69, 9.17) is 9.29 Å². The maximum absolute atomic E-state index is 9.07. The molecule has 0 aromatic heterocycles. The van der Waals surface area contributed by atoms with Gasteiger partial charge in [0.1, 0.15) is 24.0 Å². The second kappa shape index (κ2) is 6.27. The van der Waals surface area contributed by atoms with Crippen LogP contribution >= 0.6 is 0 Å². The van der Waals surface area contributed by atoms with Gasteiger partial charge in [-0.15, -0.1) is 0 Å². The molecule has 1 saturated carbocycles. The molecule has 96 valence electrons. The van der Waals surface area contributed by atoms with Gasteiger partial charge in [-0.2, -0.15) is 4.18 Å². The maximum Gasteiger partial charge on any atom is 0.152 e. The van der Waals surface area contributed by atoms with Gasteiger partial charge in [-0.25, -0.2) is 0 Å². The van der Waals surface area contributed by atoms with Crippen molar-refractivity contribution >= 4 is 11.2 Å². The molecule has 0 aromatic rings. The fraction of sp³-hybridized carbons (Fsp3) is 1.00. The Morgan fingerprint density at radius 1 is 1.12 bits per heavy atom. The van der Waals surface area contributed by atoms with Crippen molar-refractivity contribution in [3.63, 3.8) is 0 Å². The molecule has 0 saturated heterocycles. The van der Waals surface area contributed by atoms with Crippen LogP contribution in [-0.4, -0.2) is 29.3 Å². The Kier molecular flexibility index (Phi) is 5.62. The van der Waals surface area contributed by atoms with E-state index in [1.807, 2.05) is 0 Å². The molecule has 1 unspecified atom stereocenters. The van der Waals surface area contributed by atoms with E-state index in [1.165, 1.54) is 25.7 Å². The van der Waals surface area contributed by atoms with Crippen LogP contribution in [0.15, 0.2) is 0 Å². The number of aliphatic hydroxyl groups excluding tert-OH is 1. The first-order chi connectivity index (χ1) is 7.43. The predicted octanol–water partition coefficient (Wildman–Crippen LogP) is 2.76. The molecular formula is C13H27O2S+. The van der Waals surface area contributed by atoms with E-state index in [0.29, 0.717) is 12.5 Å². The molecule has 1 aliphatic rings. The third-order valence-corrected chi connectivity index (χ3v) is 5.78. The Morgan fingerprint density at radius 3 is 2.06 bits per heavy atom. The van der Waals surface area contributed by atoms with E-state index in [0.717, 1.165) is 12.5 Å². The van der Waals surface area contributed by atoms with Gasteiger partial charge < -0.3 is 5.11 Å². The highest BCUT2D eigenvalue weighted by Gasteiger charge is 2.33. The molecule has 1 fully saturated rings. The first-order valence-electron chi connectivity index (χ1n) is 6.33. The summed E-state index contributed by atoms with van der Waals surface area (Å²) in [6.07, 6.45) is 7.01. The Balaban J connectivity index is 2.20. The summed E-state index contributed by atoms with van der Waals surface area (Å²) in [6.45, 7) is 7.99. The Labute approximate surface area is 103 Å². The van der Waals surface area contributed by atoms with Gasteiger partial charge in [0.05, 0.1) is 0 Å². The van der Waals surface area contributed by atoms with Gasteiger partial charge in [0, 0.05) is 6.61 Å². The molecule has 0 heterocycles. The highest BCUT2D eigenvalue weighted by Crippen LogP contribution is 2.29. The van der Waals surface area contributed by atoms with E-state index >= 15 is 0 Å². The highest BCUT2D eigenvalue weighted by atomic mass is 32.2. The minimum atomic E-state index is 0.0511. The summed E-state index contributed by atoms with van der Waals surface area (Å²) >= 11 is 0.0511. The number of hydrogen-bond donors (Lipinski definition) is 1. The standard InChI is InChI=1S/C13H27O2S/c1-13(2,3)16(4)15-10-12-7-5-11(9-14)6-8-12/h11-12,14H,5-10H2,1-4H3/q+1. The van der Waals surface area contributed by atoms with Crippen LogP contribution in [0.2, 0.25) is 0 Å². The normalized spacial score (nSPS) is 29.1. The Hall–Kier alpha value is 0.270. The maximum atomic E-state index is 9.07. The van der Waals surface area contributed by atoms with Crippen molar-refractivity contribution in [2.24, 2.45) is 11.8 Å². The highest BCUT2D eigenvalue weighted by molar-refractivity contribution is 7.93. The Morgan fingerprint density at radius 2 is 1.62 bits per heavy atom. The minimum absolute atomic E-state index is 0.0511. The molecule has 1 rings (SSSR count). The van der Waals surface area contributed by atoms with Crippen molar-refractivity contribution in [2.45, 2.75) is 51.2 Å².